The second kappa shape index (κ2) is 7.99. The Balaban J connectivity index is 2.54. The van der Waals surface area contributed by atoms with Gasteiger partial charge in [-0.1, -0.05) is 0 Å². The molecule has 0 saturated carbocycles. The number of aliphatic carboxylic acids is 1. The van der Waals surface area contributed by atoms with Gasteiger partial charge in [0.2, 0.25) is 0 Å². The second-order valence-electron chi connectivity index (χ2n) is 5.13. The fourth-order valence-electron chi connectivity index (χ4n) is 2.13. The minimum Gasteiger partial charge on any atom is -0.481 e. The number of carboxylic acids is 1. The van der Waals surface area contributed by atoms with Crippen molar-refractivity contribution < 1.29 is 44.9 Å². The highest BCUT2D eigenvalue weighted by Crippen LogP contribution is 2.23. The Morgan fingerprint density at radius 3 is 2.38 bits per heavy atom. The van der Waals surface area contributed by atoms with Crippen molar-refractivity contribution in [2.24, 2.45) is 0 Å². The molecule has 1 saturated heterocycles. The van der Waals surface area contributed by atoms with E-state index in [0.29, 0.717) is 0 Å². The summed E-state index contributed by atoms with van der Waals surface area (Å²) in [5.74, 6) is -1.15. The van der Waals surface area contributed by atoms with Crippen molar-refractivity contribution in [3.05, 3.63) is 0 Å². The lowest BCUT2D eigenvalue weighted by Gasteiger charge is -2.40. The monoisotopic (exact) mass is 310 g/mol. The maximum atomic E-state index is 10.4. The SMILES string of the molecule is CC(CC(O)CC(=O)O)O[C@@H]1O[C@H](CO)[C@@H](O)[C@H](O)[C@H]1O. The largest absolute Gasteiger partial charge is 0.481 e. The fourth-order valence-corrected chi connectivity index (χ4v) is 2.13. The zero-order valence-electron chi connectivity index (χ0n) is 11.6. The number of ether oxygens (including phenoxy) is 2. The molecule has 0 aromatic carbocycles. The van der Waals surface area contributed by atoms with Crippen molar-refractivity contribution in [1.82, 2.24) is 0 Å². The number of rotatable bonds is 7. The summed E-state index contributed by atoms with van der Waals surface area (Å²) in [5, 5.41) is 56.0. The molecular weight excluding hydrogens is 288 g/mol. The molecule has 124 valence electrons. The van der Waals surface area contributed by atoms with Crippen molar-refractivity contribution in [1.29, 1.82) is 0 Å². The number of hydrogen-bond donors (Lipinski definition) is 6. The maximum absolute atomic E-state index is 10.4. The minimum absolute atomic E-state index is 0.0126. The van der Waals surface area contributed by atoms with Gasteiger partial charge in [-0.25, -0.2) is 0 Å². The van der Waals surface area contributed by atoms with Gasteiger partial charge in [0.1, 0.15) is 24.4 Å². The van der Waals surface area contributed by atoms with Gasteiger partial charge in [0.05, 0.1) is 25.2 Å². The van der Waals surface area contributed by atoms with E-state index in [0.717, 1.165) is 0 Å². The van der Waals surface area contributed by atoms with E-state index in [9.17, 15) is 25.2 Å². The smallest absolute Gasteiger partial charge is 0.305 e. The normalized spacial score (nSPS) is 36.2. The lowest BCUT2D eigenvalue weighted by Crippen LogP contribution is -2.59. The highest BCUT2D eigenvalue weighted by Gasteiger charge is 2.44. The van der Waals surface area contributed by atoms with E-state index in [1.807, 2.05) is 0 Å². The standard InChI is InChI=1S/C12H22O9/c1-5(2-6(14)3-8(15)16)20-12-11(19)10(18)9(17)7(4-13)21-12/h5-7,9-14,17-19H,2-4H2,1H3,(H,15,16)/t5?,6?,7-,9-,10+,11-,12-/m1/s1. The Hall–Kier alpha value is -0.810. The van der Waals surface area contributed by atoms with Crippen LogP contribution in [0.15, 0.2) is 0 Å². The summed E-state index contributed by atoms with van der Waals surface area (Å²) in [4.78, 5) is 10.4. The van der Waals surface area contributed by atoms with E-state index >= 15 is 0 Å². The molecule has 0 bridgehead atoms. The lowest BCUT2D eigenvalue weighted by atomic mass is 9.99. The molecule has 21 heavy (non-hydrogen) atoms. The molecule has 0 aliphatic carbocycles. The lowest BCUT2D eigenvalue weighted by molar-refractivity contribution is -0.311. The third-order valence-electron chi connectivity index (χ3n) is 3.23. The topological polar surface area (TPSA) is 157 Å². The van der Waals surface area contributed by atoms with Gasteiger partial charge in [0.25, 0.3) is 0 Å². The van der Waals surface area contributed by atoms with Gasteiger partial charge in [-0.2, -0.15) is 0 Å². The van der Waals surface area contributed by atoms with E-state index in [4.69, 9.17) is 19.7 Å². The van der Waals surface area contributed by atoms with Crippen LogP contribution in [0.25, 0.3) is 0 Å². The summed E-state index contributed by atoms with van der Waals surface area (Å²) < 4.78 is 10.4. The van der Waals surface area contributed by atoms with Gasteiger partial charge in [-0.05, 0) is 13.3 Å². The first-order valence-corrected chi connectivity index (χ1v) is 6.62. The van der Waals surface area contributed by atoms with Crippen LogP contribution in [0.2, 0.25) is 0 Å². The van der Waals surface area contributed by atoms with Crippen LogP contribution in [0.4, 0.5) is 0 Å². The van der Waals surface area contributed by atoms with E-state index in [1.165, 1.54) is 6.92 Å². The molecule has 6 N–H and O–H groups in total. The Kier molecular flexibility index (Phi) is 6.94. The molecular formula is C12H22O9. The van der Waals surface area contributed by atoms with Gasteiger partial charge < -0.3 is 40.1 Å². The fraction of sp³-hybridized carbons (Fsp3) is 0.917. The number of aliphatic hydroxyl groups excluding tert-OH is 5. The van der Waals surface area contributed by atoms with Crippen molar-refractivity contribution >= 4 is 5.97 Å². The number of hydrogen-bond acceptors (Lipinski definition) is 8. The molecule has 7 atom stereocenters. The Bertz CT molecular complexity index is 335. The first-order chi connectivity index (χ1) is 9.76. The molecule has 0 radical (unpaired) electrons. The Morgan fingerprint density at radius 2 is 1.86 bits per heavy atom. The van der Waals surface area contributed by atoms with Crippen LogP contribution in [0.3, 0.4) is 0 Å². The van der Waals surface area contributed by atoms with E-state index in [1.54, 1.807) is 0 Å². The predicted molar refractivity (Wildman–Crippen MR) is 67.2 cm³/mol. The Morgan fingerprint density at radius 1 is 1.24 bits per heavy atom. The van der Waals surface area contributed by atoms with E-state index < -0.39 is 61.9 Å². The van der Waals surface area contributed by atoms with Gasteiger partial charge in [0, 0.05) is 0 Å². The molecule has 0 aromatic heterocycles. The van der Waals surface area contributed by atoms with Crippen LogP contribution in [-0.2, 0) is 14.3 Å². The van der Waals surface area contributed by atoms with Gasteiger partial charge in [-0.15, -0.1) is 0 Å². The summed E-state index contributed by atoms with van der Waals surface area (Å²) in [6.07, 6.45) is -9.17. The third kappa shape index (κ3) is 5.15. The number of aliphatic hydroxyl groups is 5. The molecule has 1 heterocycles. The number of carboxylic acid groups (broad SMARTS) is 1. The highest BCUT2D eigenvalue weighted by atomic mass is 16.7. The maximum Gasteiger partial charge on any atom is 0.305 e. The number of carbonyl (C=O) groups is 1. The molecule has 0 spiro atoms. The zero-order valence-corrected chi connectivity index (χ0v) is 11.6. The van der Waals surface area contributed by atoms with Crippen molar-refractivity contribution in [3.8, 4) is 0 Å². The molecule has 1 aliphatic rings. The summed E-state index contributed by atoms with van der Waals surface area (Å²) in [6, 6.07) is 0. The van der Waals surface area contributed by atoms with Crippen LogP contribution in [0, 0.1) is 0 Å². The van der Waals surface area contributed by atoms with E-state index in [2.05, 4.69) is 0 Å². The molecule has 9 nitrogen and oxygen atoms in total. The molecule has 9 heteroatoms. The summed E-state index contributed by atoms with van der Waals surface area (Å²) in [7, 11) is 0. The average molecular weight is 310 g/mol. The first-order valence-electron chi connectivity index (χ1n) is 6.62. The second-order valence-corrected chi connectivity index (χ2v) is 5.13. The molecule has 2 unspecified atom stereocenters. The van der Waals surface area contributed by atoms with Crippen LogP contribution in [0.5, 0.6) is 0 Å². The van der Waals surface area contributed by atoms with E-state index in [-0.39, 0.29) is 6.42 Å². The summed E-state index contributed by atoms with van der Waals surface area (Å²) in [6.45, 7) is 0.966. The van der Waals surface area contributed by atoms with Crippen molar-refractivity contribution in [2.75, 3.05) is 6.61 Å². The highest BCUT2D eigenvalue weighted by molar-refractivity contribution is 5.67. The summed E-state index contributed by atoms with van der Waals surface area (Å²) >= 11 is 0. The quantitative estimate of drug-likeness (QED) is 0.297. The summed E-state index contributed by atoms with van der Waals surface area (Å²) in [5.41, 5.74) is 0. The molecule has 0 aromatic rings. The van der Waals surface area contributed by atoms with Crippen molar-refractivity contribution in [3.63, 3.8) is 0 Å². The average Bonchev–Trinajstić information content (AvgIpc) is 2.38. The first kappa shape index (κ1) is 18.2. The van der Waals surface area contributed by atoms with Gasteiger partial charge >= 0.3 is 5.97 Å². The van der Waals surface area contributed by atoms with Gasteiger partial charge in [0.15, 0.2) is 6.29 Å². The molecule has 1 fully saturated rings. The molecule has 1 aliphatic heterocycles. The Labute approximate surface area is 121 Å². The third-order valence-corrected chi connectivity index (χ3v) is 3.23. The molecule has 1 rings (SSSR count). The van der Waals surface area contributed by atoms with Crippen molar-refractivity contribution in [2.45, 2.75) is 62.7 Å². The minimum atomic E-state index is -1.54. The van der Waals surface area contributed by atoms with Gasteiger partial charge in [-0.3, -0.25) is 4.79 Å². The predicted octanol–water partition coefficient (Wildman–Crippen LogP) is -2.58. The van der Waals surface area contributed by atoms with Crippen LogP contribution < -0.4 is 0 Å². The van der Waals surface area contributed by atoms with Crippen LogP contribution in [0.1, 0.15) is 19.8 Å². The zero-order chi connectivity index (χ0) is 16.2. The van der Waals surface area contributed by atoms with Crippen LogP contribution >= 0.6 is 0 Å². The molecule has 0 amide bonds. The van der Waals surface area contributed by atoms with Crippen LogP contribution in [-0.4, -0.2) is 86.1 Å².